The van der Waals surface area contributed by atoms with E-state index in [1.54, 1.807) is 0 Å². The maximum Gasteiger partial charge on any atom is 0.0359 e. The van der Waals surface area contributed by atoms with E-state index in [9.17, 15) is 0 Å². The van der Waals surface area contributed by atoms with E-state index in [1.807, 2.05) is 12.1 Å². The highest BCUT2D eigenvalue weighted by Crippen LogP contribution is 2.13. The number of nitrogens with zero attached hydrogens (tertiary/aromatic N) is 2. The third-order valence-corrected chi connectivity index (χ3v) is 2.98. The van der Waals surface area contributed by atoms with E-state index in [-0.39, 0.29) is 0 Å². The van der Waals surface area contributed by atoms with Crippen LogP contribution < -0.4 is 5.73 Å². The first-order chi connectivity index (χ1) is 8.13. The van der Waals surface area contributed by atoms with Gasteiger partial charge in [-0.25, -0.2) is 0 Å². The van der Waals surface area contributed by atoms with Crippen LogP contribution in [0.5, 0.6) is 0 Å². The van der Waals surface area contributed by atoms with Crippen LogP contribution in [0, 0.1) is 0 Å². The molecular formula is C14H25N3. The zero-order valence-electron chi connectivity index (χ0n) is 11.3. The van der Waals surface area contributed by atoms with E-state index in [1.165, 1.54) is 12.0 Å². The number of hydrogen-bond donors (Lipinski definition) is 1. The van der Waals surface area contributed by atoms with Crippen LogP contribution in [-0.2, 0) is 6.54 Å². The molecule has 0 heterocycles. The summed E-state index contributed by atoms with van der Waals surface area (Å²) in [5, 5.41) is 0. The number of rotatable bonds is 7. The van der Waals surface area contributed by atoms with Gasteiger partial charge in [0.15, 0.2) is 0 Å². The number of para-hydroxylation sites is 1. The lowest BCUT2D eigenvalue weighted by molar-refractivity contribution is 0.259. The van der Waals surface area contributed by atoms with Gasteiger partial charge in [-0.1, -0.05) is 25.1 Å². The van der Waals surface area contributed by atoms with Crippen molar-refractivity contribution in [1.82, 2.24) is 9.80 Å². The summed E-state index contributed by atoms with van der Waals surface area (Å²) in [6, 6.07) is 8.13. The average molecular weight is 235 g/mol. The molecular weight excluding hydrogens is 210 g/mol. The highest BCUT2D eigenvalue weighted by Gasteiger charge is 2.05. The fraction of sp³-hybridized carbons (Fsp3) is 0.571. The molecule has 3 heteroatoms. The molecule has 96 valence electrons. The molecule has 0 amide bonds. The lowest BCUT2D eigenvalue weighted by atomic mass is 10.1. The first-order valence-electron chi connectivity index (χ1n) is 6.34. The van der Waals surface area contributed by atoms with E-state index < -0.39 is 0 Å². The van der Waals surface area contributed by atoms with Crippen LogP contribution in [0.15, 0.2) is 24.3 Å². The summed E-state index contributed by atoms with van der Waals surface area (Å²) in [6.45, 7) is 6.50. The lowest BCUT2D eigenvalue weighted by Gasteiger charge is -2.22. The number of benzene rings is 1. The SMILES string of the molecule is CCN(CCCN(C)C)Cc1ccccc1N. The number of nitrogens with two attached hydrogens (primary N) is 1. The molecule has 3 nitrogen and oxygen atoms in total. The first kappa shape index (κ1) is 14.0. The van der Waals surface area contributed by atoms with E-state index in [0.717, 1.165) is 31.9 Å². The molecule has 1 rings (SSSR count). The minimum absolute atomic E-state index is 0.901. The van der Waals surface area contributed by atoms with Crippen molar-refractivity contribution in [3.63, 3.8) is 0 Å². The quantitative estimate of drug-likeness (QED) is 0.734. The molecule has 0 aliphatic heterocycles. The zero-order valence-corrected chi connectivity index (χ0v) is 11.3. The van der Waals surface area contributed by atoms with Crippen LogP contribution in [0.25, 0.3) is 0 Å². The Kier molecular flexibility index (Phi) is 6.01. The Labute approximate surface area is 105 Å². The van der Waals surface area contributed by atoms with Crippen molar-refractivity contribution in [1.29, 1.82) is 0 Å². The van der Waals surface area contributed by atoms with Crippen LogP contribution in [0.3, 0.4) is 0 Å². The van der Waals surface area contributed by atoms with Crippen molar-refractivity contribution < 1.29 is 0 Å². The highest BCUT2D eigenvalue weighted by atomic mass is 15.1. The molecule has 0 aromatic heterocycles. The van der Waals surface area contributed by atoms with E-state index in [0.29, 0.717) is 0 Å². The molecule has 0 atom stereocenters. The lowest BCUT2D eigenvalue weighted by Crippen LogP contribution is -2.27. The molecule has 0 fully saturated rings. The Balaban J connectivity index is 2.44. The minimum atomic E-state index is 0.901. The topological polar surface area (TPSA) is 32.5 Å². The molecule has 17 heavy (non-hydrogen) atoms. The molecule has 0 saturated heterocycles. The summed E-state index contributed by atoms with van der Waals surface area (Å²) in [5.74, 6) is 0. The zero-order chi connectivity index (χ0) is 12.7. The van der Waals surface area contributed by atoms with Crippen LogP contribution in [0.4, 0.5) is 5.69 Å². The molecule has 2 N–H and O–H groups in total. The predicted molar refractivity (Wildman–Crippen MR) is 75.0 cm³/mol. The molecule has 0 aliphatic rings. The average Bonchev–Trinajstić information content (AvgIpc) is 2.30. The summed E-state index contributed by atoms with van der Waals surface area (Å²) in [5.41, 5.74) is 8.10. The van der Waals surface area contributed by atoms with Gasteiger partial charge in [0.1, 0.15) is 0 Å². The van der Waals surface area contributed by atoms with Crippen LogP contribution in [0.1, 0.15) is 18.9 Å². The van der Waals surface area contributed by atoms with Gasteiger partial charge in [-0.15, -0.1) is 0 Å². The molecule has 0 saturated carbocycles. The summed E-state index contributed by atoms with van der Waals surface area (Å²) in [4.78, 5) is 4.67. The second kappa shape index (κ2) is 7.30. The molecule has 0 radical (unpaired) electrons. The summed E-state index contributed by atoms with van der Waals surface area (Å²) >= 11 is 0. The number of nitrogen functional groups attached to an aromatic ring is 1. The Morgan fingerprint density at radius 1 is 1.12 bits per heavy atom. The van der Waals surface area contributed by atoms with Gasteiger partial charge in [-0.2, -0.15) is 0 Å². The van der Waals surface area contributed by atoms with E-state index >= 15 is 0 Å². The second-order valence-electron chi connectivity index (χ2n) is 4.72. The van der Waals surface area contributed by atoms with Crippen LogP contribution in [-0.4, -0.2) is 43.5 Å². The van der Waals surface area contributed by atoms with Gasteiger partial charge in [-0.3, -0.25) is 4.90 Å². The maximum absolute atomic E-state index is 5.97. The van der Waals surface area contributed by atoms with E-state index in [4.69, 9.17) is 5.73 Å². The molecule has 0 unspecified atom stereocenters. The predicted octanol–water partition coefficient (Wildman–Crippen LogP) is 2.04. The highest BCUT2D eigenvalue weighted by molar-refractivity contribution is 5.46. The van der Waals surface area contributed by atoms with Crippen molar-refractivity contribution in [3.05, 3.63) is 29.8 Å². The first-order valence-corrected chi connectivity index (χ1v) is 6.34. The van der Waals surface area contributed by atoms with Crippen molar-refractivity contribution in [3.8, 4) is 0 Å². The Morgan fingerprint density at radius 3 is 2.41 bits per heavy atom. The van der Waals surface area contributed by atoms with Gasteiger partial charge < -0.3 is 10.6 Å². The maximum atomic E-state index is 5.97. The Bertz CT molecular complexity index is 323. The fourth-order valence-corrected chi connectivity index (χ4v) is 1.88. The Morgan fingerprint density at radius 2 is 1.82 bits per heavy atom. The smallest absolute Gasteiger partial charge is 0.0359 e. The van der Waals surface area contributed by atoms with Crippen molar-refractivity contribution in [2.45, 2.75) is 19.9 Å². The van der Waals surface area contributed by atoms with Gasteiger partial charge >= 0.3 is 0 Å². The van der Waals surface area contributed by atoms with Gasteiger partial charge in [-0.05, 0) is 51.8 Å². The minimum Gasteiger partial charge on any atom is -0.398 e. The summed E-state index contributed by atoms with van der Waals surface area (Å²) in [6.07, 6.45) is 1.20. The molecule has 0 bridgehead atoms. The summed E-state index contributed by atoms with van der Waals surface area (Å²) < 4.78 is 0. The van der Waals surface area contributed by atoms with Gasteiger partial charge in [0.05, 0.1) is 0 Å². The van der Waals surface area contributed by atoms with Gasteiger partial charge in [0.25, 0.3) is 0 Å². The van der Waals surface area contributed by atoms with Crippen molar-refractivity contribution >= 4 is 5.69 Å². The molecule has 1 aromatic carbocycles. The third kappa shape index (κ3) is 5.20. The second-order valence-corrected chi connectivity index (χ2v) is 4.72. The van der Waals surface area contributed by atoms with E-state index in [2.05, 4.69) is 43.0 Å². The molecule has 1 aromatic rings. The Hall–Kier alpha value is -1.06. The fourth-order valence-electron chi connectivity index (χ4n) is 1.88. The van der Waals surface area contributed by atoms with Crippen LogP contribution >= 0.6 is 0 Å². The van der Waals surface area contributed by atoms with Gasteiger partial charge in [0.2, 0.25) is 0 Å². The molecule has 0 aliphatic carbocycles. The largest absolute Gasteiger partial charge is 0.398 e. The van der Waals surface area contributed by atoms with Crippen LogP contribution in [0.2, 0.25) is 0 Å². The number of hydrogen-bond acceptors (Lipinski definition) is 3. The molecule has 0 spiro atoms. The summed E-state index contributed by atoms with van der Waals surface area (Å²) in [7, 11) is 4.23. The van der Waals surface area contributed by atoms with Crippen molar-refractivity contribution in [2.24, 2.45) is 0 Å². The normalized spacial score (nSPS) is 11.4. The standard InChI is InChI=1S/C14H25N3/c1-4-17(11-7-10-16(2)3)12-13-8-5-6-9-14(13)15/h5-6,8-9H,4,7,10-12,15H2,1-3H3. The number of anilines is 1. The monoisotopic (exact) mass is 235 g/mol. The third-order valence-electron chi connectivity index (χ3n) is 2.98. The van der Waals surface area contributed by atoms with Gasteiger partial charge in [0, 0.05) is 12.2 Å². The van der Waals surface area contributed by atoms with Crippen molar-refractivity contribution in [2.75, 3.05) is 39.5 Å².